The van der Waals surface area contributed by atoms with E-state index in [0.29, 0.717) is 11.3 Å². The maximum Gasteiger partial charge on any atom is 0.253 e. The Bertz CT molecular complexity index is 612. The van der Waals surface area contributed by atoms with Crippen molar-refractivity contribution in [3.63, 3.8) is 0 Å². The first-order valence-corrected chi connectivity index (χ1v) is 6.20. The quantitative estimate of drug-likeness (QED) is 0.888. The van der Waals surface area contributed by atoms with Gasteiger partial charge in [-0.05, 0) is 36.8 Å². The minimum absolute atomic E-state index is 0.0817. The van der Waals surface area contributed by atoms with Gasteiger partial charge in [-0.3, -0.25) is 14.6 Å². The first kappa shape index (κ1) is 13.7. The molecule has 0 radical (unpaired) electrons. The van der Waals surface area contributed by atoms with Crippen LogP contribution in [0.2, 0.25) is 0 Å². The molecule has 0 aliphatic rings. The summed E-state index contributed by atoms with van der Waals surface area (Å²) in [6.45, 7) is 1.86. The first-order chi connectivity index (χ1) is 9.65. The zero-order chi connectivity index (χ0) is 14.4. The second kappa shape index (κ2) is 6.47. The van der Waals surface area contributed by atoms with Crippen molar-refractivity contribution < 1.29 is 9.59 Å². The van der Waals surface area contributed by atoms with E-state index >= 15 is 0 Å². The molecule has 2 N–H and O–H groups in total. The van der Waals surface area contributed by atoms with E-state index in [4.69, 9.17) is 0 Å². The molecule has 0 saturated carbocycles. The summed E-state index contributed by atoms with van der Waals surface area (Å²) in [6, 6.07) is 10.8. The maximum absolute atomic E-state index is 11.7. The molecule has 20 heavy (non-hydrogen) atoms. The number of carbonyl (C=O) groups is 2. The molecule has 5 heteroatoms. The lowest BCUT2D eigenvalue weighted by molar-refractivity contribution is -0.115. The summed E-state index contributed by atoms with van der Waals surface area (Å²) in [5.74, 6) is -0.592. The zero-order valence-corrected chi connectivity index (χ0v) is 11.1. The number of nitrogens with zero attached hydrogens (tertiary/aromatic N) is 1. The molecule has 5 nitrogen and oxygen atoms in total. The van der Waals surface area contributed by atoms with E-state index in [-0.39, 0.29) is 18.4 Å². The molecule has 102 valence electrons. The van der Waals surface area contributed by atoms with Gasteiger partial charge >= 0.3 is 0 Å². The van der Waals surface area contributed by atoms with Gasteiger partial charge in [0.15, 0.2) is 0 Å². The highest BCUT2D eigenvalue weighted by molar-refractivity contribution is 5.99. The molecular formula is C15H15N3O2. The summed E-state index contributed by atoms with van der Waals surface area (Å²) >= 11 is 0. The Kier molecular flexibility index (Phi) is 4.44. The van der Waals surface area contributed by atoms with Gasteiger partial charge in [-0.15, -0.1) is 0 Å². The standard InChI is InChI=1S/C15H15N3O2/c1-11-4-2-6-13(8-11)18-14(19)10-17-15(20)12-5-3-7-16-9-12/h2-9H,10H2,1H3,(H,17,20)(H,18,19). The molecule has 0 aliphatic carbocycles. The number of rotatable bonds is 4. The van der Waals surface area contributed by atoms with Gasteiger partial charge in [-0.1, -0.05) is 12.1 Å². The monoisotopic (exact) mass is 269 g/mol. The number of benzene rings is 1. The van der Waals surface area contributed by atoms with Crippen molar-refractivity contribution >= 4 is 17.5 Å². The number of aromatic nitrogens is 1. The van der Waals surface area contributed by atoms with Crippen LogP contribution in [0.25, 0.3) is 0 Å². The molecule has 0 unspecified atom stereocenters. The molecule has 0 saturated heterocycles. The lowest BCUT2D eigenvalue weighted by Crippen LogP contribution is -2.32. The van der Waals surface area contributed by atoms with Gasteiger partial charge in [0.25, 0.3) is 5.91 Å². The molecule has 0 fully saturated rings. The predicted octanol–water partition coefficient (Wildman–Crippen LogP) is 1.76. The number of aryl methyl sites for hydroxylation is 1. The van der Waals surface area contributed by atoms with Crippen LogP contribution < -0.4 is 10.6 Å². The average Bonchev–Trinajstić information content (AvgIpc) is 2.46. The fourth-order valence-corrected chi connectivity index (χ4v) is 1.69. The molecule has 2 amide bonds. The Morgan fingerprint density at radius 1 is 1.20 bits per heavy atom. The zero-order valence-electron chi connectivity index (χ0n) is 11.1. The highest BCUT2D eigenvalue weighted by Crippen LogP contribution is 2.08. The van der Waals surface area contributed by atoms with Crippen LogP contribution in [0, 0.1) is 6.92 Å². The van der Waals surface area contributed by atoms with E-state index in [0.717, 1.165) is 5.56 Å². The number of hydrogen-bond donors (Lipinski definition) is 2. The third-order valence-corrected chi connectivity index (χ3v) is 2.64. The van der Waals surface area contributed by atoms with Crippen LogP contribution in [0.1, 0.15) is 15.9 Å². The second-order valence-corrected chi connectivity index (χ2v) is 4.34. The van der Waals surface area contributed by atoms with Crippen LogP contribution in [-0.2, 0) is 4.79 Å². The van der Waals surface area contributed by atoms with Gasteiger partial charge in [0.05, 0.1) is 12.1 Å². The van der Waals surface area contributed by atoms with Gasteiger partial charge < -0.3 is 10.6 Å². The highest BCUT2D eigenvalue weighted by Gasteiger charge is 2.08. The van der Waals surface area contributed by atoms with Crippen molar-refractivity contribution in [1.82, 2.24) is 10.3 Å². The molecule has 0 atom stereocenters. The van der Waals surface area contributed by atoms with Crippen LogP contribution >= 0.6 is 0 Å². The Hall–Kier alpha value is -2.69. The summed E-state index contributed by atoms with van der Waals surface area (Å²) in [4.78, 5) is 27.3. The summed E-state index contributed by atoms with van der Waals surface area (Å²) in [5, 5.41) is 5.26. The number of hydrogen-bond acceptors (Lipinski definition) is 3. The van der Waals surface area contributed by atoms with Gasteiger partial charge in [0.2, 0.25) is 5.91 Å². The fraction of sp³-hybridized carbons (Fsp3) is 0.133. The number of pyridine rings is 1. The fourth-order valence-electron chi connectivity index (χ4n) is 1.69. The summed E-state index contributed by atoms with van der Waals surface area (Å²) in [6.07, 6.45) is 3.04. The summed E-state index contributed by atoms with van der Waals surface area (Å²) in [5.41, 5.74) is 2.20. The molecule has 1 heterocycles. The van der Waals surface area contributed by atoms with Crippen molar-refractivity contribution in [2.45, 2.75) is 6.92 Å². The third kappa shape index (κ3) is 3.91. The largest absolute Gasteiger partial charge is 0.343 e. The number of nitrogens with one attached hydrogen (secondary N) is 2. The van der Waals surface area contributed by atoms with Gasteiger partial charge in [0, 0.05) is 18.1 Å². The molecule has 2 aromatic rings. The van der Waals surface area contributed by atoms with Crippen LogP contribution in [0.4, 0.5) is 5.69 Å². The molecule has 1 aromatic carbocycles. The minimum Gasteiger partial charge on any atom is -0.343 e. The average molecular weight is 269 g/mol. The van der Waals surface area contributed by atoms with Crippen LogP contribution in [0.3, 0.4) is 0 Å². The molecule has 2 rings (SSSR count). The van der Waals surface area contributed by atoms with Crippen molar-refractivity contribution in [2.24, 2.45) is 0 Å². The van der Waals surface area contributed by atoms with Crippen LogP contribution in [0.5, 0.6) is 0 Å². The van der Waals surface area contributed by atoms with Crippen LogP contribution in [-0.4, -0.2) is 23.3 Å². The van der Waals surface area contributed by atoms with E-state index in [9.17, 15) is 9.59 Å². The number of anilines is 1. The second-order valence-electron chi connectivity index (χ2n) is 4.34. The van der Waals surface area contributed by atoms with E-state index in [1.807, 2.05) is 25.1 Å². The SMILES string of the molecule is Cc1cccc(NC(=O)CNC(=O)c2cccnc2)c1. The van der Waals surface area contributed by atoms with E-state index in [2.05, 4.69) is 15.6 Å². The third-order valence-electron chi connectivity index (χ3n) is 2.64. The van der Waals surface area contributed by atoms with E-state index in [1.165, 1.54) is 6.20 Å². The Labute approximate surface area is 117 Å². The Balaban J connectivity index is 1.85. The lowest BCUT2D eigenvalue weighted by atomic mass is 10.2. The molecule has 0 spiro atoms. The summed E-state index contributed by atoms with van der Waals surface area (Å²) in [7, 11) is 0. The predicted molar refractivity (Wildman–Crippen MR) is 76.4 cm³/mol. The van der Waals surface area contributed by atoms with Gasteiger partial charge in [0.1, 0.15) is 0 Å². The smallest absolute Gasteiger partial charge is 0.253 e. The molecular weight excluding hydrogens is 254 g/mol. The number of carbonyl (C=O) groups excluding carboxylic acids is 2. The van der Waals surface area contributed by atoms with Gasteiger partial charge in [-0.25, -0.2) is 0 Å². The first-order valence-electron chi connectivity index (χ1n) is 6.20. The molecule has 1 aromatic heterocycles. The minimum atomic E-state index is -0.322. The Morgan fingerprint density at radius 2 is 2.05 bits per heavy atom. The van der Waals surface area contributed by atoms with E-state index < -0.39 is 0 Å². The maximum atomic E-state index is 11.7. The lowest BCUT2D eigenvalue weighted by Gasteiger charge is -2.07. The van der Waals surface area contributed by atoms with Crippen molar-refractivity contribution in [3.8, 4) is 0 Å². The normalized spacial score (nSPS) is 9.85. The van der Waals surface area contributed by atoms with Crippen molar-refractivity contribution in [1.29, 1.82) is 0 Å². The molecule has 0 bridgehead atoms. The van der Waals surface area contributed by atoms with E-state index in [1.54, 1.807) is 24.4 Å². The summed E-state index contributed by atoms with van der Waals surface area (Å²) < 4.78 is 0. The topological polar surface area (TPSA) is 71.1 Å². The van der Waals surface area contributed by atoms with Crippen LogP contribution in [0.15, 0.2) is 48.8 Å². The van der Waals surface area contributed by atoms with Gasteiger partial charge in [-0.2, -0.15) is 0 Å². The Morgan fingerprint density at radius 3 is 2.75 bits per heavy atom. The number of amides is 2. The van der Waals surface area contributed by atoms with Crippen molar-refractivity contribution in [2.75, 3.05) is 11.9 Å². The van der Waals surface area contributed by atoms with Crippen molar-refractivity contribution in [3.05, 3.63) is 59.9 Å². The highest BCUT2D eigenvalue weighted by atomic mass is 16.2. The molecule has 0 aliphatic heterocycles.